The van der Waals surface area contributed by atoms with Crippen LogP contribution in [0.15, 0.2) is 24.3 Å². The molecule has 2 rings (SSSR count). The van der Waals surface area contributed by atoms with Gasteiger partial charge in [-0.05, 0) is 17.7 Å². The molecule has 1 heterocycles. The Morgan fingerprint density at radius 3 is 2.68 bits per heavy atom. The van der Waals surface area contributed by atoms with E-state index in [-0.39, 0.29) is 35.5 Å². The van der Waals surface area contributed by atoms with Crippen LogP contribution in [-0.2, 0) is 10.2 Å². The van der Waals surface area contributed by atoms with E-state index in [0.29, 0.717) is 6.54 Å². The van der Waals surface area contributed by atoms with E-state index in [1.165, 1.54) is 12.1 Å². The zero-order chi connectivity index (χ0) is 13.2. The SMILES string of the molecule is CC(C)(CNC(=O)C1CNC1)c1cccc(F)c1.Cl. The van der Waals surface area contributed by atoms with Gasteiger partial charge in [0.05, 0.1) is 5.92 Å². The van der Waals surface area contributed by atoms with Crippen LogP contribution in [0.5, 0.6) is 0 Å². The number of nitrogens with one attached hydrogen (secondary N) is 2. The smallest absolute Gasteiger partial charge is 0.225 e. The van der Waals surface area contributed by atoms with Gasteiger partial charge < -0.3 is 10.6 Å². The molecule has 1 amide bonds. The number of carbonyl (C=O) groups excluding carboxylic acids is 1. The van der Waals surface area contributed by atoms with Gasteiger partial charge in [0.1, 0.15) is 5.82 Å². The Bertz CT molecular complexity index is 447. The summed E-state index contributed by atoms with van der Waals surface area (Å²) in [5.74, 6) is -0.0679. The van der Waals surface area contributed by atoms with E-state index in [1.807, 2.05) is 19.9 Å². The highest BCUT2D eigenvalue weighted by atomic mass is 35.5. The average Bonchev–Trinajstić information content (AvgIpc) is 2.24. The summed E-state index contributed by atoms with van der Waals surface area (Å²) >= 11 is 0. The van der Waals surface area contributed by atoms with Crippen LogP contribution in [0, 0.1) is 11.7 Å². The van der Waals surface area contributed by atoms with Gasteiger partial charge >= 0.3 is 0 Å². The van der Waals surface area contributed by atoms with Crippen LogP contribution in [0.2, 0.25) is 0 Å². The molecular weight excluding hydrogens is 267 g/mol. The molecule has 106 valence electrons. The fourth-order valence-corrected chi connectivity index (χ4v) is 1.94. The predicted molar refractivity (Wildman–Crippen MR) is 76.0 cm³/mol. The summed E-state index contributed by atoms with van der Waals surface area (Å²) < 4.78 is 13.2. The molecule has 1 aromatic carbocycles. The zero-order valence-electron chi connectivity index (χ0n) is 11.2. The highest BCUT2D eigenvalue weighted by Gasteiger charge is 2.27. The van der Waals surface area contributed by atoms with Crippen molar-refractivity contribution in [2.45, 2.75) is 19.3 Å². The molecule has 0 unspecified atom stereocenters. The Hall–Kier alpha value is -1.13. The minimum Gasteiger partial charge on any atom is -0.355 e. The van der Waals surface area contributed by atoms with Gasteiger partial charge in [-0.2, -0.15) is 0 Å². The summed E-state index contributed by atoms with van der Waals surface area (Å²) in [6.45, 7) is 6.03. The fourth-order valence-electron chi connectivity index (χ4n) is 1.94. The van der Waals surface area contributed by atoms with Crippen molar-refractivity contribution in [3.05, 3.63) is 35.6 Å². The molecule has 0 aliphatic carbocycles. The molecule has 0 spiro atoms. The van der Waals surface area contributed by atoms with E-state index in [4.69, 9.17) is 0 Å². The predicted octanol–water partition coefficient (Wildman–Crippen LogP) is 1.86. The first-order valence-electron chi connectivity index (χ1n) is 6.23. The molecule has 2 N–H and O–H groups in total. The first-order valence-corrected chi connectivity index (χ1v) is 6.23. The number of hydrogen-bond acceptors (Lipinski definition) is 2. The quantitative estimate of drug-likeness (QED) is 0.887. The second-order valence-electron chi connectivity index (χ2n) is 5.47. The lowest BCUT2D eigenvalue weighted by Crippen LogP contribution is -2.52. The molecule has 19 heavy (non-hydrogen) atoms. The standard InChI is InChI=1S/C14H19FN2O.ClH/c1-14(2,11-4-3-5-12(15)6-11)9-17-13(18)10-7-16-8-10;/h3-6,10,16H,7-9H2,1-2H3,(H,17,18);1H. The number of benzene rings is 1. The maximum atomic E-state index is 13.2. The largest absolute Gasteiger partial charge is 0.355 e. The molecule has 1 aliphatic heterocycles. The maximum absolute atomic E-state index is 13.2. The van der Waals surface area contributed by atoms with Crippen LogP contribution in [0.25, 0.3) is 0 Å². The second kappa shape index (κ2) is 6.35. The molecule has 0 radical (unpaired) electrons. The van der Waals surface area contributed by atoms with Crippen molar-refractivity contribution in [2.24, 2.45) is 5.92 Å². The van der Waals surface area contributed by atoms with Gasteiger partial charge in [-0.25, -0.2) is 4.39 Å². The van der Waals surface area contributed by atoms with E-state index in [9.17, 15) is 9.18 Å². The van der Waals surface area contributed by atoms with Crippen molar-refractivity contribution < 1.29 is 9.18 Å². The molecule has 1 saturated heterocycles. The number of hydrogen-bond donors (Lipinski definition) is 2. The Morgan fingerprint density at radius 1 is 1.47 bits per heavy atom. The van der Waals surface area contributed by atoms with Crippen LogP contribution >= 0.6 is 12.4 Å². The second-order valence-corrected chi connectivity index (χ2v) is 5.47. The first-order chi connectivity index (χ1) is 8.49. The van der Waals surface area contributed by atoms with Gasteiger partial charge in [0.25, 0.3) is 0 Å². The Kier molecular flexibility index (Phi) is 5.32. The van der Waals surface area contributed by atoms with Crippen LogP contribution in [0.3, 0.4) is 0 Å². The highest BCUT2D eigenvalue weighted by molar-refractivity contribution is 5.85. The first kappa shape index (κ1) is 15.9. The lowest BCUT2D eigenvalue weighted by Gasteiger charge is -2.30. The minimum atomic E-state index is -0.269. The summed E-state index contributed by atoms with van der Waals surface area (Å²) in [7, 11) is 0. The Labute approximate surface area is 119 Å². The van der Waals surface area contributed by atoms with E-state index in [0.717, 1.165) is 18.7 Å². The minimum absolute atomic E-state index is 0. The number of rotatable bonds is 4. The third-order valence-corrected chi connectivity index (χ3v) is 3.46. The van der Waals surface area contributed by atoms with Crippen LogP contribution in [0.4, 0.5) is 4.39 Å². The molecular formula is C14H20ClFN2O. The van der Waals surface area contributed by atoms with Crippen LogP contribution in [-0.4, -0.2) is 25.5 Å². The highest BCUT2D eigenvalue weighted by Crippen LogP contribution is 2.23. The van der Waals surface area contributed by atoms with Gasteiger partial charge in [0.15, 0.2) is 0 Å². The van der Waals surface area contributed by atoms with Crippen molar-refractivity contribution in [3.8, 4) is 0 Å². The van der Waals surface area contributed by atoms with Gasteiger partial charge in [-0.3, -0.25) is 4.79 Å². The molecule has 0 aromatic heterocycles. The van der Waals surface area contributed by atoms with Crippen LogP contribution in [0.1, 0.15) is 19.4 Å². The molecule has 1 aliphatic rings. The Balaban J connectivity index is 0.00000180. The normalized spacial score (nSPS) is 15.3. The number of amides is 1. The molecule has 1 aromatic rings. The van der Waals surface area contributed by atoms with E-state index in [1.54, 1.807) is 6.07 Å². The third kappa shape index (κ3) is 3.91. The summed E-state index contributed by atoms with van der Waals surface area (Å²) in [6.07, 6.45) is 0. The Morgan fingerprint density at radius 2 is 2.16 bits per heavy atom. The van der Waals surface area contributed by atoms with Crippen molar-refractivity contribution in [1.82, 2.24) is 10.6 Å². The van der Waals surface area contributed by atoms with E-state index < -0.39 is 0 Å². The number of halogens is 2. The number of carbonyl (C=O) groups is 1. The third-order valence-electron chi connectivity index (χ3n) is 3.46. The van der Waals surface area contributed by atoms with Crippen molar-refractivity contribution in [1.29, 1.82) is 0 Å². The molecule has 0 bridgehead atoms. The molecule has 0 saturated carbocycles. The van der Waals surface area contributed by atoms with Crippen LogP contribution < -0.4 is 10.6 Å². The zero-order valence-corrected chi connectivity index (χ0v) is 12.0. The monoisotopic (exact) mass is 286 g/mol. The summed E-state index contributed by atoms with van der Waals surface area (Å²) in [5.41, 5.74) is 0.629. The lowest BCUT2D eigenvalue weighted by atomic mass is 9.84. The van der Waals surface area contributed by atoms with Gasteiger partial charge in [-0.1, -0.05) is 26.0 Å². The van der Waals surface area contributed by atoms with Gasteiger partial charge in [0, 0.05) is 25.0 Å². The summed E-state index contributed by atoms with van der Waals surface area (Å²) in [4.78, 5) is 11.7. The molecule has 0 atom stereocenters. The van der Waals surface area contributed by atoms with Gasteiger partial charge in [0.2, 0.25) is 5.91 Å². The lowest BCUT2D eigenvalue weighted by molar-refractivity contribution is -0.126. The topological polar surface area (TPSA) is 41.1 Å². The van der Waals surface area contributed by atoms with Crippen molar-refractivity contribution >= 4 is 18.3 Å². The van der Waals surface area contributed by atoms with E-state index in [2.05, 4.69) is 10.6 Å². The summed E-state index contributed by atoms with van der Waals surface area (Å²) in [5, 5.41) is 6.01. The van der Waals surface area contributed by atoms with Crippen molar-refractivity contribution in [2.75, 3.05) is 19.6 Å². The van der Waals surface area contributed by atoms with E-state index >= 15 is 0 Å². The summed E-state index contributed by atoms with van der Waals surface area (Å²) in [6, 6.07) is 6.54. The van der Waals surface area contributed by atoms with Gasteiger partial charge in [-0.15, -0.1) is 12.4 Å². The molecule has 3 nitrogen and oxygen atoms in total. The average molecular weight is 287 g/mol. The fraction of sp³-hybridized carbons (Fsp3) is 0.500. The molecule has 1 fully saturated rings. The maximum Gasteiger partial charge on any atom is 0.225 e. The van der Waals surface area contributed by atoms with Crippen molar-refractivity contribution in [3.63, 3.8) is 0 Å². The molecule has 5 heteroatoms.